The highest BCUT2D eigenvalue weighted by atomic mass is 32.1. The number of nitro benzene ring substituents is 1. The summed E-state index contributed by atoms with van der Waals surface area (Å²) in [6.07, 6.45) is 6.43. The molecule has 2 N–H and O–H groups in total. The number of rotatable bonds is 5. The fraction of sp³-hybridized carbons (Fsp3) is 0.200. The number of amides is 1. The highest BCUT2D eigenvalue weighted by Gasteiger charge is 2.23. The van der Waals surface area contributed by atoms with Crippen molar-refractivity contribution in [3.63, 3.8) is 0 Å². The van der Waals surface area contributed by atoms with Gasteiger partial charge < -0.3 is 14.6 Å². The third kappa shape index (κ3) is 5.01. The number of hydrogen-bond donors (Lipinski definition) is 2. The molecule has 4 aromatic rings. The Bertz CT molecular complexity index is 1450. The van der Waals surface area contributed by atoms with Gasteiger partial charge in [-0.25, -0.2) is 4.98 Å². The zero-order valence-corrected chi connectivity index (χ0v) is 20.0. The monoisotopic (exact) mass is 502 g/mol. The summed E-state index contributed by atoms with van der Waals surface area (Å²) in [6, 6.07) is 13.4. The van der Waals surface area contributed by atoms with Crippen molar-refractivity contribution in [2.45, 2.75) is 19.3 Å². The summed E-state index contributed by atoms with van der Waals surface area (Å²) >= 11 is 5.29. The molecule has 0 atom stereocenters. The van der Waals surface area contributed by atoms with Crippen LogP contribution in [0.4, 0.5) is 17.1 Å². The molecular weight excluding hydrogens is 480 g/mol. The average molecular weight is 503 g/mol. The standard InChI is InChI=1S/C25H22N6O4S/c32-23(16-6-8-20(21(13-16)31(33)34)30-11-2-1-3-12-30)29-25(36)27-18-7-9-22-19(14-18)28-24(35-22)17-5-4-10-26-15-17/h4-10,13-15H,1-3,11-12H2,(H2,27,29,32,36). The fourth-order valence-electron chi connectivity index (χ4n) is 4.17. The van der Waals surface area contributed by atoms with E-state index in [1.165, 1.54) is 6.07 Å². The number of fused-ring (bicyclic) bond motifs is 1. The number of nitrogens with zero attached hydrogens (tertiary/aromatic N) is 4. The summed E-state index contributed by atoms with van der Waals surface area (Å²) in [5.41, 5.74) is 3.15. The number of oxazole rings is 1. The lowest BCUT2D eigenvalue weighted by molar-refractivity contribution is -0.384. The van der Waals surface area contributed by atoms with E-state index in [4.69, 9.17) is 16.6 Å². The first-order chi connectivity index (χ1) is 17.5. The second-order valence-electron chi connectivity index (χ2n) is 8.36. The largest absolute Gasteiger partial charge is 0.436 e. The van der Waals surface area contributed by atoms with Crippen LogP contribution in [0.5, 0.6) is 0 Å². The van der Waals surface area contributed by atoms with E-state index < -0.39 is 10.8 Å². The zero-order valence-electron chi connectivity index (χ0n) is 19.1. The number of carbonyl (C=O) groups is 1. The van der Waals surface area contributed by atoms with Crippen LogP contribution in [0.25, 0.3) is 22.6 Å². The van der Waals surface area contributed by atoms with Crippen LogP contribution >= 0.6 is 12.2 Å². The minimum Gasteiger partial charge on any atom is -0.436 e. The Hall–Kier alpha value is -4.38. The summed E-state index contributed by atoms with van der Waals surface area (Å²) in [4.78, 5) is 34.6. The second-order valence-corrected chi connectivity index (χ2v) is 8.77. The Kier molecular flexibility index (Phi) is 6.54. The lowest BCUT2D eigenvalue weighted by atomic mass is 10.1. The third-order valence-corrected chi connectivity index (χ3v) is 6.12. The van der Waals surface area contributed by atoms with Gasteiger partial charge in [0.05, 0.1) is 10.5 Å². The molecule has 36 heavy (non-hydrogen) atoms. The normalized spacial score (nSPS) is 13.4. The summed E-state index contributed by atoms with van der Waals surface area (Å²) < 4.78 is 5.78. The van der Waals surface area contributed by atoms with Crippen LogP contribution in [-0.4, -0.2) is 39.0 Å². The van der Waals surface area contributed by atoms with E-state index in [-0.39, 0.29) is 16.4 Å². The smallest absolute Gasteiger partial charge is 0.293 e. The number of pyridine rings is 1. The van der Waals surface area contributed by atoms with Crippen molar-refractivity contribution in [2.24, 2.45) is 0 Å². The molecule has 1 saturated heterocycles. The lowest BCUT2D eigenvalue weighted by Gasteiger charge is -2.28. The molecule has 1 amide bonds. The molecule has 2 aromatic heterocycles. The van der Waals surface area contributed by atoms with E-state index in [0.717, 1.165) is 37.9 Å². The van der Waals surface area contributed by atoms with Crippen LogP contribution in [0.3, 0.4) is 0 Å². The molecule has 1 fully saturated rings. The molecule has 11 heteroatoms. The summed E-state index contributed by atoms with van der Waals surface area (Å²) in [5.74, 6) is -0.0945. The topological polar surface area (TPSA) is 126 Å². The van der Waals surface area contributed by atoms with E-state index in [9.17, 15) is 14.9 Å². The van der Waals surface area contributed by atoms with Crippen LogP contribution in [0.1, 0.15) is 29.6 Å². The van der Waals surface area contributed by atoms with Crippen LogP contribution < -0.4 is 15.5 Å². The van der Waals surface area contributed by atoms with Crippen LogP contribution in [0.2, 0.25) is 0 Å². The van der Waals surface area contributed by atoms with Gasteiger partial charge in [0.25, 0.3) is 11.6 Å². The first-order valence-corrected chi connectivity index (χ1v) is 11.9. The first-order valence-electron chi connectivity index (χ1n) is 11.4. The molecule has 0 aliphatic carbocycles. The molecule has 0 radical (unpaired) electrons. The maximum absolute atomic E-state index is 12.8. The van der Waals surface area contributed by atoms with Crippen molar-refractivity contribution in [3.8, 4) is 11.5 Å². The molecule has 10 nitrogen and oxygen atoms in total. The van der Waals surface area contributed by atoms with Gasteiger partial charge in [-0.2, -0.15) is 0 Å². The van der Waals surface area contributed by atoms with Gasteiger partial charge >= 0.3 is 0 Å². The summed E-state index contributed by atoms with van der Waals surface area (Å²) in [7, 11) is 0. The minimum atomic E-state index is -0.540. The minimum absolute atomic E-state index is 0.0538. The fourth-order valence-corrected chi connectivity index (χ4v) is 4.38. The Balaban J connectivity index is 1.28. The number of hydrogen-bond acceptors (Lipinski definition) is 8. The van der Waals surface area contributed by atoms with E-state index in [1.54, 1.807) is 48.8 Å². The first kappa shape index (κ1) is 23.4. The Morgan fingerprint density at radius 2 is 1.94 bits per heavy atom. The number of carbonyl (C=O) groups excluding carboxylic acids is 1. The number of nitro groups is 1. The molecule has 3 heterocycles. The van der Waals surface area contributed by atoms with Crippen molar-refractivity contribution in [1.82, 2.24) is 15.3 Å². The van der Waals surface area contributed by atoms with Crippen molar-refractivity contribution in [3.05, 3.63) is 76.6 Å². The van der Waals surface area contributed by atoms with E-state index in [0.29, 0.717) is 28.4 Å². The molecule has 2 aromatic carbocycles. The van der Waals surface area contributed by atoms with E-state index in [1.807, 2.05) is 11.0 Å². The molecule has 0 bridgehead atoms. The molecular formula is C25H22N6O4S. The van der Waals surface area contributed by atoms with Gasteiger partial charge in [-0.15, -0.1) is 0 Å². The van der Waals surface area contributed by atoms with Gasteiger partial charge in [0.2, 0.25) is 5.89 Å². The highest BCUT2D eigenvalue weighted by molar-refractivity contribution is 7.80. The van der Waals surface area contributed by atoms with E-state index >= 15 is 0 Å². The highest BCUT2D eigenvalue weighted by Crippen LogP contribution is 2.31. The number of aromatic nitrogens is 2. The van der Waals surface area contributed by atoms with Gasteiger partial charge in [0.15, 0.2) is 10.7 Å². The van der Waals surface area contributed by atoms with Gasteiger partial charge in [-0.3, -0.25) is 25.2 Å². The van der Waals surface area contributed by atoms with Gasteiger partial charge in [0.1, 0.15) is 11.2 Å². The number of piperidine rings is 1. The number of nitrogens with one attached hydrogen (secondary N) is 2. The Labute approximate surface area is 211 Å². The Morgan fingerprint density at radius 1 is 1.11 bits per heavy atom. The molecule has 182 valence electrons. The second kappa shape index (κ2) is 10.1. The van der Waals surface area contributed by atoms with Gasteiger partial charge in [-0.1, -0.05) is 0 Å². The predicted octanol–water partition coefficient (Wildman–Crippen LogP) is 4.92. The number of anilines is 2. The number of thiocarbonyl (C=S) groups is 1. The molecule has 5 rings (SSSR count). The van der Waals surface area contributed by atoms with E-state index in [2.05, 4.69) is 20.6 Å². The van der Waals surface area contributed by atoms with Crippen molar-refractivity contribution in [2.75, 3.05) is 23.3 Å². The maximum atomic E-state index is 12.8. The third-order valence-electron chi connectivity index (χ3n) is 5.91. The van der Waals surface area contributed by atoms with Gasteiger partial charge in [-0.05, 0) is 73.9 Å². The van der Waals surface area contributed by atoms with Crippen LogP contribution in [0, 0.1) is 10.1 Å². The number of benzene rings is 2. The molecule has 1 aliphatic rings. The SMILES string of the molecule is O=C(NC(=S)Nc1ccc2oc(-c3cccnc3)nc2c1)c1ccc(N2CCCCC2)c([N+](=O)[O-])c1. The zero-order chi connectivity index (χ0) is 25.1. The quantitative estimate of drug-likeness (QED) is 0.222. The van der Waals surface area contributed by atoms with Crippen molar-refractivity contribution < 1.29 is 14.1 Å². The summed E-state index contributed by atoms with van der Waals surface area (Å²) in [6.45, 7) is 1.53. The van der Waals surface area contributed by atoms with Crippen molar-refractivity contribution in [1.29, 1.82) is 0 Å². The molecule has 0 spiro atoms. The van der Waals surface area contributed by atoms with Crippen LogP contribution in [-0.2, 0) is 0 Å². The molecule has 0 unspecified atom stereocenters. The maximum Gasteiger partial charge on any atom is 0.293 e. The predicted molar refractivity (Wildman–Crippen MR) is 140 cm³/mol. The average Bonchev–Trinajstić information content (AvgIpc) is 3.33. The Morgan fingerprint density at radius 3 is 2.69 bits per heavy atom. The lowest BCUT2D eigenvalue weighted by Crippen LogP contribution is -2.34. The van der Waals surface area contributed by atoms with Crippen molar-refractivity contribution >= 4 is 51.4 Å². The van der Waals surface area contributed by atoms with Gasteiger partial charge in [0, 0.05) is 42.8 Å². The summed E-state index contributed by atoms with van der Waals surface area (Å²) in [5, 5.41) is 17.3. The molecule has 1 aliphatic heterocycles. The molecule has 0 saturated carbocycles. The van der Waals surface area contributed by atoms with Crippen LogP contribution in [0.15, 0.2) is 65.3 Å².